The zero-order chi connectivity index (χ0) is 20.5. The molecule has 4 N–H and O–H groups in total. The van der Waals surface area contributed by atoms with Crippen LogP contribution < -0.4 is 16.0 Å². The molecule has 0 aromatic carbocycles. The van der Waals surface area contributed by atoms with Gasteiger partial charge in [0.25, 0.3) is 0 Å². The maximum Gasteiger partial charge on any atom is 0.112 e. The lowest BCUT2D eigenvalue weighted by Gasteiger charge is -2.40. The molecule has 0 atom stereocenters. The van der Waals surface area contributed by atoms with Crippen molar-refractivity contribution in [2.45, 2.75) is 75.9 Å². The van der Waals surface area contributed by atoms with Crippen molar-refractivity contribution in [3.63, 3.8) is 0 Å². The van der Waals surface area contributed by atoms with Crippen LogP contribution in [0.1, 0.15) is 51.4 Å². The normalized spacial score (nSPS) is 36.4. The summed E-state index contributed by atoms with van der Waals surface area (Å²) in [6, 6.07) is 0.575. The molecule has 0 unspecified atom stereocenters. The van der Waals surface area contributed by atoms with Crippen LogP contribution in [0.5, 0.6) is 0 Å². The number of rotatable bonds is 10. The molecular weight excluding hydrogens is 368 g/mol. The Balaban J connectivity index is 1.25. The Morgan fingerprint density at radius 1 is 0.897 bits per heavy atom. The summed E-state index contributed by atoms with van der Waals surface area (Å²) in [5, 5.41) is 20.1. The summed E-state index contributed by atoms with van der Waals surface area (Å²) in [7, 11) is 3.88. The first-order valence-corrected chi connectivity index (χ1v) is 11.8. The van der Waals surface area contributed by atoms with Crippen molar-refractivity contribution in [2.24, 2.45) is 11.8 Å². The van der Waals surface area contributed by atoms with E-state index in [2.05, 4.69) is 20.9 Å². The van der Waals surface area contributed by atoms with E-state index in [9.17, 15) is 0 Å². The molecule has 1 heterocycles. The number of nitrogens with one attached hydrogen (secondary N) is 3. The second-order valence-electron chi connectivity index (χ2n) is 9.32. The van der Waals surface area contributed by atoms with Gasteiger partial charge < -0.3 is 19.5 Å². The van der Waals surface area contributed by atoms with Crippen LogP contribution in [0.4, 0.5) is 0 Å². The monoisotopic (exact) mass is 412 g/mol. The van der Waals surface area contributed by atoms with Crippen LogP contribution in [0.2, 0.25) is 0 Å². The Morgan fingerprint density at radius 3 is 2.17 bits per heavy atom. The van der Waals surface area contributed by atoms with Gasteiger partial charge in [-0.05, 0) is 70.3 Å². The third-order valence-corrected chi connectivity index (χ3v) is 7.27. The predicted octanol–water partition coefficient (Wildman–Crippen LogP) is 1.13. The Bertz CT molecular complexity index is 432. The standard InChI is InChI=1S/C22H44N4O3/c1-26(11-13-27)12-14-29-21-9-5-19(6-10-21)25-22-23-15-18(16-24-22)17-3-7-20(28-2)8-4-17/h17-25,27H,3-16H2,1-2H3. The number of aliphatic hydroxyl groups is 1. The number of nitrogens with zero attached hydrogens (tertiary/aromatic N) is 1. The average Bonchev–Trinajstić information content (AvgIpc) is 2.76. The van der Waals surface area contributed by atoms with Crippen molar-refractivity contribution >= 4 is 0 Å². The highest BCUT2D eigenvalue weighted by atomic mass is 16.5. The molecule has 0 aromatic rings. The number of methoxy groups -OCH3 is 1. The van der Waals surface area contributed by atoms with Gasteiger partial charge in [0.15, 0.2) is 0 Å². The van der Waals surface area contributed by atoms with Gasteiger partial charge in [0, 0.05) is 39.3 Å². The average molecular weight is 413 g/mol. The number of hydrogen-bond donors (Lipinski definition) is 4. The maximum atomic E-state index is 8.94. The predicted molar refractivity (Wildman–Crippen MR) is 116 cm³/mol. The lowest BCUT2D eigenvalue weighted by molar-refractivity contribution is 0.0101. The minimum absolute atomic E-state index is 0.214. The van der Waals surface area contributed by atoms with Gasteiger partial charge in [-0.3, -0.25) is 16.0 Å². The van der Waals surface area contributed by atoms with Crippen LogP contribution in [0.15, 0.2) is 0 Å². The molecule has 0 spiro atoms. The van der Waals surface area contributed by atoms with Gasteiger partial charge in [0.1, 0.15) is 6.29 Å². The first-order valence-electron chi connectivity index (χ1n) is 11.8. The molecule has 0 radical (unpaired) electrons. The molecule has 1 aliphatic heterocycles. The summed E-state index contributed by atoms with van der Waals surface area (Å²) in [5.41, 5.74) is 0. The molecule has 3 fully saturated rings. The largest absolute Gasteiger partial charge is 0.395 e. The van der Waals surface area contributed by atoms with Crippen LogP contribution in [-0.4, -0.2) is 88.1 Å². The van der Waals surface area contributed by atoms with E-state index >= 15 is 0 Å². The van der Waals surface area contributed by atoms with Crippen LogP contribution >= 0.6 is 0 Å². The van der Waals surface area contributed by atoms with Crippen molar-refractivity contribution in [1.82, 2.24) is 20.9 Å². The zero-order valence-corrected chi connectivity index (χ0v) is 18.6. The zero-order valence-electron chi connectivity index (χ0n) is 18.6. The van der Waals surface area contributed by atoms with Gasteiger partial charge >= 0.3 is 0 Å². The lowest BCUT2D eigenvalue weighted by atomic mass is 9.78. The second kappa shape index (κ2) is 12.5. The topological polar surface area (TPSA) is 78.0 Å². The fourth-order valence-corrected chi connectivity index (χ4v) is 5.22. The molecule has 2 aliphatic carbocycles. The molecule has 1 saturated heterocycles. The first-order chi connectivity index (χ1) is 14.2. The van der Waals surface area contributed by atoms with Gasteiger partial charge in [-0.1, -0.05) is 0 Å². The van der Waals surface area contributed by atoms with Gasteiger partial charge in [-0.2, -0.15) is 0 Å². The van der Waals surface area contributed by atoms with E-state index < -0.39 is 0 Å². The molecule has 170 valence electrons. The van der Waals surface area contributed by atoms with Crippen LogP contribution in [0, 0.1) is 11.8 Å². The smallest absolute Gasteiger partial charge is 0.112 e. The van der Waals surface area contributed by atoms with E-state index in [1.54, 1.807) is 0 Å². The molecule has 3 rings (SSSR count). The number of likely N-dealkylation sites (N-methyl/N-ethyl adjacent to an activating group) is 1. The van der Waals surface area contributed by atoms with Crippen molar-refractivity contribution in [3.8, 4) is 0 Å². The summed E-state index contributed by atoms with van der Waals surface area (Å²) in [6.07, 6.45) is 10.8. The Labute approximate surface area is 177 Å². The minimum Gasteiger partial charge on any atom is -0.395 e. The SMILES string of the molecule is COC1CCC(C2CNC(NC3CCC(OCCN(C)CCO)CC3)NC2)CC1. The quantitative estimate of drug-likeness (QED) is 0.428. The summed E-state index contributed by atoms with van der Waals surface area (Å²) in [5.74, 6) is 1.59. The van der Waals surface area contributed by atoms with Crippen molar-refractivity contribution in [1.29, 1.82) is 0 Å². The third kappa shape index (κ3) is 7.73. The van der Waals surface area contributed by atoms with Crippen molar-refractivity contribution < 1.29 is 14.6 Å². The molecule has 2 saturated carbocycles. The van der Waals surface area contributed by atoms with E-state index in [0.29, 0.717) is 18.2 Å². The fourth-order valence-electron chi connectivity index (χ4n) is 5.22. The molecule has 7 heteroatoms. The molecule has 0 aromatic heterocycles. The molecule has 29 heavy (non-hydrogen) atoms. The van der Waals surface area contributed by atoms with Gasteiger partial charge in [0.2, 0.25) is 0 Å². The summed E-state index contributed by atoms with van der Waals surface area (Å²) in [6.45, 7) is 4.82. The second-order valence-corrected chi connectivity index (χ2v) is 9.32. The van der Waals surface area contributed by atoms with Gasteiger partial charge in [-0.15, -0.1) is 0 Å². The van der Waals surface area contributed by atoms with E-state index in [-0.39, 0.29) is 12.9 Å². The number of aliphatic hydroxyl groups excluding tert-OH is 1. The first kappa shape index (κ1) is 23.4. The van der Waals surface area contributed by atoms with Crippen molar-refractivity contribution in [2.75, 3.05) is 53.6 Å². The van der Waals surface area contributed by atoms with Gasteiger partial charge in [-0.25, -0.2) is 0 Å². The highest BCUT2D eigenvalue weighted by Gasteiger charge is 2.31. The molecule has 0 amide bonds. The Morgan fingerprint density at radius 2 is 1.55 bits per heavy atom. The Kier molecular flexibility index (Phi) is 10.1. The highest BCUT2D eigenvalue weighted by Crippen LogP contribution is 2.31. The van der Waals surface area contributed by atoms with Gasteiger partial charge in [0.05, 0.1) is 25.4 Å². The Hall–Kier alpha value is -0.280. The van der Waals surface area contributed by atoms with Crippen LogP contribution in [0.3, 0.4) is 0 Å². The molecule has 0 bridgehead atoms. The molecule has 7 nitrogen and oxygen atoms in total. The number of ether oxygens (including phenoxy) is 2. The van der Waals surface area contributed by atoms with Crippen LogP contribution in [-0.2, 0) is 9.47 Å². The highest BCUT2D eigenvalue weighted by molar-refractivity contribution is 4.87. The summed E-state index contributed by atoms with van der Waals surface area (Å²) in [4.78, 5) is 2.12. The number of hydrogen-bond acceptors (Lipinski definition) is 7. The summed E-state index contributed by atoms with van der Waals surface area (Å²) >= 11 is 0. The lowest BCUT2D eigenvalue weighted by Crippen LogP contribution is -2.63. The molecule has 3 aliphatic rings. The molecular formula is C22H44N4O3. The third-order valence-electron chi connectivity index (χ3n) is 7.27. The van der Waals surface area contributed by atoms with Crippen molar-refractivity contribution in [3.05, 3.63) is 0 Å². The maximum absolute atomic E-state index is 8.94. The fraction of sp³-hybridized carbons (Fsp3) is 1.00. The minimum atomic E-state index is 0.214. The summed E-state index contributed by atoms with van der Waals surface area (Å²) < 4.78 is 11.6. The van der Waals surface area contributed by atoms with Crippen LogP contribution in [0.25, 0.3) is 0 Å². The van der Waals surface area contributed by atoms with E-state index in [0.717, 1.165) is 57.5 Å². The van der Waals surface area contributed by atoms with E-state index in [1.165, 1.54) is 38.5 Å². The van der Waals surface area contributed by atoms with E-state index in [1.807, 2.05) is 14.2 Å². The van der Waals surface area contributed by atoms with E-state index in [4.69, 9.17) is 14.6 Å².